The van der Waals surface area contributed by atoms with Gasteiger partial charge in [0.05, 0.1) is 5.69 Å². The van der Waals surface area contributed by atoms with Crippen LogP contribution in [0.25, 0.3) is 65.3 Å². The van der Waals surface area contributed by atoms with E-state index in [0.29, 0.717) is 0 Å². The zero-order valence-corrected chi connectivity index (χ0v) is 26.2. The van der Waals surface area contributed by atoms with E-state index in [4.69, 9.17) is 0 Å². The second-order valence-electron chi connectivity index (χ2n) is 12.3. The fraction of sp³-hybridized carbons (Fsp3) is 0. The van der Waals surface area contributed by atoms with Crippen molar-refractivity contribution in [1.29, 1.82) is 0 Å². The van der Waals surface area contributed by atoms with Crippen LogP contribution >= 0.6 is 0 Å². The highest BCUT2D eigenvalue weighted by Gasteiger charge is 2.19. The Hall–Kier alpha value is -6.38. The van der Waals surface area contributed by atoms with Crippen molar-refractivity contribution in [2.45, 2.75) is 0 Å². The Morgan fingerprint density at radius 3 is 1.60 bits per heavy atom. The minimum atomic E-state index is 0.268. The summed E-state index contributed by atoms with van der Waals surface area (Å²) < 4.78 is 0. The van der Waals surface area contributed by atoms with Gasteiger partial charge in [-0.3, -0.25) is 0 Å². The Morgan fingerprint density at radius 2 is 0.896 bits per heavy atom. The van der Waals surface area contributed by atoms with Crippen molar-refractivity contribution in [3.8, 4) is 28.0 Å². The molecule has 226 valence electrons. The zero-order chi connectivity index (χ0) is 32.0. The van der Waals surface area contributed by atoms with Crippen molar-refractivity contribution >= 4 is 60.2 Å². The predicted molar refractivity (Wildman–Crippen MR) is 204 cm³/mol. The molecule has 1 N–H and O–H groups in total. The summed E-state index contributed by atoms with van der Waals surface area (Å²) in [5, 5.41) is 20.6. The van der Waals surface area contributed by atoms with E-state index in [2.05, 4.69) is 163 Å². The molecular formula is C46H31NO. The maximum atomic E-state index is 10.8. The monoisotopic (exact) mass is 613 g/mol. The molecule has 0 spiro atoms. The molecule has 0 aliphatic carbocycles. The van der Waals surface area contributed by atoms with E-state index in [1.807, 2.05) is 18.2 Å². The minimum Gasteiger partial charge on any atom is -0.507 e. The molecule has 0 aromatic heterocycles. The van der Waals surface area contributed by atoms with E-state index in [0.717, 1.165) is 28.2 Å². The highest BCUT2D eigenvalue weighted by Crippen LogP contribution is 2.44. The van der Waals surface area contributed by atoms with Gasteiger partial charge in [0.25, 0.3) is 0 Å². The molecule has 0 saturated heterocycles. The quantitative estimate of drug-likeness (QED) is 0.195. The molecule has 48 heavy (non-hydrogen) atoms. The van der Waals surface area contributed by atoms with Gasteiger partial charge in [-0.15, -0.1) is 0 Å². The number of rotatable bonds is 5. The van der Waals surface area contributed by atoms with E-state index >= 15 is 0 Å². The first kappa shape index (κ1) is 27.9. The minimum absolute atomic E-state index is 0.268. The number of benzene rings is 9. The third-order valence-corrected chi connectivity index (χ3v) is 9.51. The third kappa shape index (κ3) is 4.66. The van der Waals surface area contributed by atoms with E-state index in [9.17, 15) is 5.11 Å². The van der Waals surface area contributed by atoms with Gasteiger partial charge in [0.2, 0.25) is 0 Å². The topological polar surface area (TPSA) is 23.5 Å². The van der Waals surface area contributed by atoms with E-state index < -0.39 is 0 Å². The van der Waals surface area contributed by atoms with Crippen LogP contribution in [0.3, 0.4) is 0 Å². The molecule has 9 rings (SSSR count). The van der Waals surface area contributed by atoms with E-state index in [1.54, 1.807) is 6.07 Å². The summed E-state index contributed by atoms with van der Waals surface area (Å²) in [5.74, 6) is 0.268. The molecule has 2 nitrogen and oxygen atoms in total. The molecule has 9 aromatic carbocycles. The van der Waals surface area contributed by atoms with Gasteiger partial charge in [-0.1, -0.05) is 140 Å². The fourth-order valence-electron chi connectivity index (χ4n) is 7.26. The summed E-state index contributed by atoms with van der Waals surface area (Å²) in [4.78, 5) is 2.35. The lowest BCUT2D eigenvalue weighted by atomic mass is 9.93. The molecule has 0 amide bonds. The Morgan fingerprint density at radius 1 is 0.333 bits per heavy atom. The van der Waals surface area contributed by atoms with Crippen molar-refractivity contribution in [2.24, 2.45) is 0 Å². The zero-order valence-electron chi connectivity index (χ0n) is 26.2. The van der Waals surface area contributed by atoms with Crippen LogP contribution in [0.15, 0.2) is 182 Å². The van der Waals surface area contributed by atoms with Crippen molar-refractivity contribution in [3.63, 3.8) is 0 Å². The lowest BCUT2D eigenvalue weighted by Gasteiger charge is -2.28. The smallest absolute Gasteiger partial charge is 0.123 e. The molecule has 0 heterocycles. The number of para-hydroxylation sites is 1. The van der Waals surface area contributed by atoms with Gasteiger partial charge in [-0.2, -0.15) is 0 Å². The van der Waals surface area contributed by atoms with Crippen molar-refractivity contribution in [1.82, 2.24) is 0 Å². The van der Waals surface area contributed by atoms with Gasteiger partial charge in [0, 0.05) is 22.3 Å². The number of phenolic OH excluding ortho intramolecular Hbond substituents is 1. The maximum absolute atomic E-state index is 10.8. The molecule has 0 aliphatic heterocycles. The largest absolute Gasteiger partial charge is 0.507 e. The summed E-state index contributed by atoms with van der Waals surface area (Å²) in [7, 11) is 0. The molecule has 0 saturated carbocycles. The Balaban J connectivity index is 1.26. The number of hydrogen-bond acceptors (Lipinski definition) is 2. The SMILES string of the molecule is Oc1ccccc1-c1cccc(N(c2ccc(-c3cc4ccccc4c4ccccc34)cc2)c2cc3ccccc3c3ccccc23)c1. The summed E-state index contributed by atoms with van der Waals surface area (Å²) in [6.07, 6.45) is 0. The van der Waals surface area contributed by atoms with Crippen molar-refractivity contribution in [2.75, 3.05) is 4.90 Å². The average Bonchev–Trinajstić information content (AvgIpc) is 3.15. The number of anilines is 3. The summed E-state index contributed by atoms with van der Waals surface area (Å²) in [6.45, 7) is 0. The van der Waals surface area contributed by atoms with Crippen LogP contribution in [0, 0.1) is 0 Å². The first-order chi connectivity index (χ1) is 23.7. The lowest BCUT2D eigenvalue weighted by molar-refractivity contribution is 0.477. The Labute approximate surface area is 279 Å². The molecule has 0 fully saturated rings. The molecule has 0 aliphatic rings. The second-order valence-corrected chi connectivity index (χ2v) is 12.3. The van der Waals surface area contributed by atoms with Gasteiger partial charge >= 0.3 is 0 Å². The van der Waals surface area contributed by atoms with E-state index in [-0.39, 0.29) is 5.75 Å². The molecule has 0 unspecified atom stereocenters. The van der Waals surface area contributed by atoms with Crippen LogP contribution < -0.4 is 4.90 Å². The first-order valence-corrected chi connectivity index (χ1v) is 16.3. The molecule has 2 heteroatoms. The maximum Gasteiger partial charge on any atom is 0.123 e. The van der Waals surface area contributed by atoms with Gasteiger partial charge in [-0.25, -0.2) is 0 Å². The Bertz CT molecular complexity index is 2640. The summed E-state index contributed by atoms with van der Waals surface area (Å²) in [5.41, 5.74) is 7.33. The van der Waals surface area contributed by atoms with Crippen molar-refractivity contribution in [3.05, 3.63) is 182 Å². The highest BCUT2D eigenvalue weighted by atomic mass is 16.3. The Kier molecular flexibility index (Phi) is 6.65. The fourth-order valence-corrected chi connectivity index (χ4v) is 7.26. The van der Waals surface area contributed by atoms with Gasteiger partial charge in [0.1, 0.15) is 5.75 Å². The molecule has 0 atom stereocenters. The number of hydrogen-bond donors (Lipinski definition) is 1. The summed E-state index contributed by atoms with van der Waals surface area (Å²) >= 11 is 0. The normalized spacial score (nSPS) is 11.4. The second kappa shape index (κ2) is 11.5. The molecule has 0 bridgehead atoms. The number of phenols is 1. The first-order valence-electron chi connectivity index (χ1n) is 16.3. The van der Waals surface area contributed by atoms with Gasteiger partial charge in [-0.05, 0) is 96.9 Å². The van der Waals surface area contributed by atoms with Crippen LogP contribution in [-0.2, 0) is 0 Å². The van der Waals surface area contributed by atoms with Gasteiger partial charge < -0.3 is 10.0 Å². The van der Waals surface area contributed by atoms with Crippen LogP contribution in [0.2, 0.25) is 0 Å². The van der Waals surface area contributed by atoms with Crippen LogP contribution in [-0.4, -0.2) is 5.11 Å². The third-order valence-electron chi connectivity index (χ3n) is 9.51. The molecular weight excluding hydrogens is 583 g/mol. The molecule has 9 aromatic rings. The molecule has 0 radical (unpaired) electrons. The lowest BCUT2D eigenvalue weighted by Crippen LogP contribution is -2.11. The van der Waals surface area contributed by atoms with Crippen molar-refractivity contribution < 1.29 is 5.11 Å². The van der Waals surface area contributed by atoms with Crippen LogP contribution in [0.5, 0.6) is 5.75 Å². The number of aromatic hydroxyl groups is 1. The highest BCUT2D eigenvalue weighted by molar-refractivity contribution is 6.15. The van der Waals surface area contributed by atoms with E-state index in [1.165, 1.54) is 54.2 Å². The van der Waals surface area contributed by atoms with Gasteiger partial charge in [0.15, 0.2) is 0 Å². The summed E-state index contributed by atoms with van der Waals surface area (Å²) in [6, 6.07) is 64.1. The van der Waals surface area contributed by atoms with Crippen LogP contribution in [0.4, 0.5) is 17.1 Å². The predicted octanol–water partition coefficient (Wildman–Crippen LogP) is 12.8. The average molecular weight is 614 g/mol. The standard InChI is InChI=1S/C46H31NO/c48-46-23-10-9-18-39(46)32-14-11-15-36(28-32)47(45-30-34-13-2-4-17-38(34)41-20-7-8-22-43(41)45)35-26-24-31(25-27-35)44-29-33-12-1-3-16-37(33)40-19-5-6-21-42(40)44/h1-30,48H. The van der Waals surface area contributed by atoms with Crippen LogP contribution in [0.1, 0.15) is 0 Å². The number of nitrogens with zero attached hydrogens (tertiary/aromatic N) is 1. The number of fused-ring (bicyclic) bond motifs is 6.